The van der Waals surface area contributed by atoms with Gasteiger partial charge in [0, 0.05) is 5.56 Å². The number of nitrogens with zero attached hydrogens (tertiary/aromatic N) is 1. The molecule has 8 nitrogen and oxygen atoms in total. The van der Waals surface area contributed by atoms with Crippen LogP contribution in [-0.4, -0.2) is 22.0 Å². The summed E-state index contributed by atoms with van der Waals surface area (Å²) in [5.74, 6) is 0.438. The minimum absolute atomic E-state index is 0.0557. The Balaban J connectivity index is 2.21. The first kappa shape index (κ1) is 18.3. The van der Waals surface area contributed by atoms with E-state index in [1.54, 1.807) is 25.1 Å². The summed E-state index contributed by atoms with van der Waals surface area (Å²) in [5.41, 5.74) is 1.87. The molecule has 26 heavy (non-hydrogen) atoms. The summed E-state index contributed by atoms with van der Waals surface area (Å²) in [4.78, 5) is -0.125. The zero-order chi connectivity index (χ0) is 19.1. The van der Waals surface area contributed by atoms with E-state index >= 15 is 0 Å². The van der Waals surface area contributed by atoms with Crippen molar-refractivity contribution in [2.24, 2.45) is 10.3 Å². The number of sulfonamides is 2. The zero-order valence-corrected chi connectivity index (χ0v) is 15.2. The van der Waals surface area contributed by atoms with Crippen LogP contribution in [-0.2, 0) is 20.0 Å². The normalized spacial score (nSPS) is 12.3. The number of hydrogen-bond acceptors (Lipinski definition) is 6. The topological polar surface area (TPSA) is 146 Å². The van der Waals surface area contributed by atoms with Gasteiger partial charge in [0.05, 0.1) is 15.4 Å². The SMILES string of the molecule is Cc1onc(-c2cccc(S(N)(=O)=O)c2)c1-c1cccc(S(N)(=O)=O)c1. The fourth-order valence-corrected chi connectivity index (χ4v) is 3.68. The highest BCUT2D eigenvalue weighted by Crippen LogP contribution is 2.35. The van der Waals surface area contributed by atoms with Crippen LogP contribution in [0.2, 0.25) is 0 Å². The summed E-state index contributed by atoms with van der Waals surface area (Å²) in [6, 6.07) is 11.9. The van der Waals surface area contributed by atoms with Crippen LogP contribution in [0.25, 0.3) is 22.4 Å². The minimum Gasteiger partial charge on any atom is -0.360 e. The largest absolute Gasteiger partial charge is 0.360 e. The smallest absolute Gasteiger partial charge is 0.238 e. The first-order valence-electron chi connectivity index (χ1n) is 7.30. The van der Waals surface area contributed by atoms with E-state index in [0.29, 0.717) is 28.1 Å². The van der Waals surface area contributed by atoms with Crippen LogP contribution in [0.15, 0.2) is 62.8 Å². The number of rotatable bonds is 4. The molecule has 136 valence electrons. The van der Waals surface area contributed by atoms with Crippen molar-refractivity contribution >= 4 is 20.0 Å². The van der Waals surface area contributed by atoms with Crippen LogP contribution in [0, 0.1) is 6.92 Å². The van der Waals surface area contributed by atoms with E-state index in [0.717, 1.165) is 0 Å². The molecule has 0 atom stereocenters. The molecule has 1 heterocycles. The molecule has 0 radical (unpaired) electrons. The molecule has 2 aromatic carbocycles. The summed E-state index contributed by atoms with van der Waals surface area (Å²) in [6.45, 7) is 1.67. The molecule has 0 spiro atoms. The number of aromatic nitrogens is 1. The second-order valence-corrected chi connectivity index (χ2v) is 8.73. The maximum absolute atomic E-state index is 11.6. The Labute approximate surface area is 150 Å². The molecule has 0 amide bonds. The second-order valence-electron chi connectivity index (χ2n) is 5.61. The molecule has 3 rings (SSSR count). The van der Waals surface area contributed by atoms with Crippen molar-refractivity contribution in [1.82, 2.24) is 5.16 Å². The molecule has 0 aliphatic rings. The van der Waals surface area contributed by atoms with Gasteiger partial charge in [0.2, 0.25) is 20.0 Å². The molecule has 0 bridgehead atoms. The second kappa shape index (κ2) is 6.32. The lowest BCUT2D eigenvalue weighted by molar-refractivity contribution is 0.400. The van der Waals surface area contributed by atoms with Gasteiger partial charge in [0.15, 0.2) is 0 Å². The molecule has 0 saturated carbocycles. The molecule has 10 heteroatoms. The van der Waals surface area contributed by atoms with Crippen molar-refractivity contribution in [3.63, 3.8) is 0 Å². The summed E-state index contributed by atoms with van der Waals surface area (Å²) in [6.07, 6.45) is 0. The average Bonchev–Trinajstić information content (AvgIpc) is 2.95. The van der Waals surface area contributed by atoms with E-state index in [1.165, 1.54) is 30.3 Å². The van der Waals surface area contributed by atoms with E-state index in [9.17, 15) is 16.8 Å². The van der Waals surface area contributed by atoms with Gasteiger partial charge in [0.25, 0.3) is 0 Å². The van der Waals surface area contributed by atoms with Gasteiger partial charge in [0.1, 0.15) is 11.5 Å². The fourth-order valence-electron chi connectivity index (χ4n) is 2.56. The molecule has 0 saturated heterocycles. The van der Waals surface area contributed by atoms with E-state index in [2.05, 4.69) is 5.16 Å². The standard InChI is InChI=1S/C16H15N3O5S2/c1-10-15(11-4-2-6-13(8-11)25(17,20)21)16(19-24-10)12-5-3-7-14(9-12)26(18,22)23/h2-9H,1H3,(H2,17,20,21)(H2,18,22,23). The van der Waals surface area contributed by atoms with Gasteiger partial charge in [-0.2, -0.15) is 0 Å². The number of benzene rings is 2. The van der Waals surface area contributed by atoms with Crippen molar-refractivity contribution < 1.29 is 21.4 Å². The molecular weight excluding hydrogens is 378 g/mol. The van der Waals surface area contributed by atoms with Crippen molar-refractivity contribution in [1.29, 1.82) is 0 Å². The molecule has 0 aliphatic heterocycles. The Bertz CT molecular complexity index is 1200. The highest BCUT2D eigenvalue weighted by atomic mass is 32.2. The molecule has 0 aliphatic carbocycles. The van der Waals surface area contributed by atoms with E-state index in [4.69, 9.17) is 14.8 Å². The fraction of sp³-hybridized carbons (Fsp3) is 0.0625. The van der Waals surface area contributed by atoms with Gasteiger partial charge in [-0.3, -0.25) is 0 Å². The van der Waals surface area contributed by atoms with Gasteiger partial charge in [-0.15, -0.1) is 0 Å². The highest BCUT2D eigenvalue weighted by Gasteiger charge is 2.20. The number of primary sulfonamides is 2. The maximum atomic E-state index is 11.6. The van der Waals surface area contributed by atoms with Crippen LogP contribution in [0.3, 0.4) is 0 Å². The summed E-state index contributed by atoms with van der Waals surface area (Å²) >= 11 is 0. The van der Waals surface area contributed by atoms with Crippen molar-refractivity contribution in [3.8, 4) is 22.4 Å². The lowest BCUT2D eigenvalue weighted by atomic mass is 9.99. The van der Waals surface area contributed by atoms with Crippen LogP contribution < -0.4 is 10.3 Å². The summed E-state index contributed by atoms with van der Waals surface area (Å²) in [7, 11) is -7.76. The van der Waals surface area contributed by atoms with Gasteiger partial charge < -0.3 is 4.52 Å². The van der Waals surface area contributed by atoms with E-state index in [1.807, 2.05) is 0 Å². The van der Waals surface area contributed by atoms with Gasteiger partial charge >= 0.3 is 0 Å². The summed E-state index contributed by atoms with van der Waals surface area (Å²) < 4.78 is 51.6. The van der Waals surface area contributed by atoms with Crippen molar-refractivity contribution in [3.05, 3.63) is 54.3 Å². The van der Waals surface area contributed by atoms with Crippen molar-refractivity contribution in [2.75, 3.05) is 0 Å². The highest BCUT2D eigenvalue weighted by molar-refractivity contribution is 7.89. The van der Waals surface area contributed by atoms with Crippen LogP contribution >= 0.6 is 0 Å². The van der Waals surface area contributed by atoms with Crippen molar-refractivity contribution in [2.45, 2.75) is 16.7 Å². The predicted octanol–water partition coefficient (Wildman–Crippen LogP) is 1.61. The quantitative estimate of drug-likeness (QED) is 0.688. The van der Waals surface area contributed by atoms with E-state index in [-0.39, 0.29) is 9.79 Å². The first-order valence-corrected chi connectivity index (χ1v) is 10.4. The van der Waals surface area contributed by atoms with E-state index < -0.39 is 20.0 Å². The number of hydrogen-bond donors (Lipinski definition) is 2. The molecule has 0 fully saturated rings. The molecule has 0 unspecified atom stereocenters. The Hall–Kier alpha value is -2.53. The van der Waals surface area contributed by atoms with Crippen LogP contribution in [0.4, 0.5) is 0 Å². The van der Waals surface area contributed by atoms with Gasteiger partial charge in [-0.05, 0) is 36.8 Å². The Morgan fingerprint density at radius 1 is 0.846 bits per heavy atom. The Morgan fingerprint density at radius 3 is 1.88 bits per heavy atom. The predicted molar refractivity (Wildman–Crippen MR) is 94.9 cm³/mol. The van der Waals surface area contributed by atoms with Gasteiger partial charge in [-0.1, -0.05) is 29.4 Å². The molecule has 3 aromatic rings. The third-order valence-electron chi connectivity index (χ3n) is 3.75. The van der Waals surface area contributed by atoms with Crippen LogP contribution in [0.5, 0.6) is 0 Å². The Morgan fingerprint density at radius 2 is 1.35 bits per heavy atom. The first-order chi connectivity index (χ1) is 12.1. The van der Waals surface area contributed by atoms with Gasteiger partial charge in [-0.25, -0.2) is 27.1 Å². The van der Waals surface area contributed by atoms with Crippen LogP contribution in [0.1, 0.15) is 5.76 Å². The molecule has 4 N–H and O–H groups in total. The monoisotopic (exact) mass is 393 g/mol. The number of nitrogens with two attached hydrogens (primary N) is 2. The Kier molecular flexibility index (Phi) is 4.44. The lowest BCUT2D eigenvalue weighted by Crippen LogP contribution is -2.12. The average molecular weight is 393 g/mol. The molecule has 1 aromatic heterocycles. The maximum Gasteiger partial charge on any atom is 0.238 e. The number of aryl methyl sites for hydroxylation is 1. The molecular formula is C16H15N3O5S2. The lowest BCUT2D eigenvalue weighted by Gasteiger charge is -2.06. The minimum atomic E-state index is -3.88. The summed E-state index contributed by atoms with van der Waals surface area (Å²) in [5, 5.41) is 14.3. The third-order valence-corrected chi connectivity index (χ3v) is 5.57. The third kappa shape index (κ3) is 3.53. The zero-order valence-electron chi connectivity index (χ0n) is 13.6.